The van der Waals surface area contributed by atoms with Crippen molar-refractivity contribution in [3.63, 3.8) is 0 Å². The van der Waals surface area contributed by atoms with E-state index >= 15 is 0 Å². The predicted molar refractivity (Wildman–Crippen MR) is 76.9 cm³/mol. The Bertz CT molecular complexity index is 595. The monoisotopic (exact) mass is 311 g/mol. The van der Waals surface area contributed by atoms with Gasteiger partial charge in [-0.05, 0) is 13.0 Å². The summed E-state index contributed by atoms with van der Waals surface area (Å²) in [4.78, 5) is 4.33. The zero-order valence-electron chi connectivity index (χ0n) is 12.5. The van der Waals surface area contributed by atoms with Crippen molar-refractivity contribution >= 4 is 5.90 Å². The number of aliphatic hydroxyl groups excluding tert-OH is 1. The highest BCUT2D eigenvalue weighted by atomic mass is 19.1. The summed E-state index contributed by atoms with van der Waals surface area (Å²) in [6.45, 7) is 2.25. The van der Waals surface area contributed by atoms with Crippen LogP contribution in [0.5, 0.6) is 0 Å². The van der Waals surface area contributed by atoms with Gasteiger partial charge in [0, 0.05) is 12.5 Å². The van der Waals surface area contributed by atoms with Gasteiger partial charge in [0.15, 0.2) is 5.90 Å². The van der Waals surface area contributed by atoms with Crippen molar-refractivity contribution in [2.24, 2.45) is 10.9 Å². The van der Waals surface area contributed by atoms with Gasteiger partial charge in [-0.2, -0.15) is 0 Å². The standard InChI is InChI=1S/C16H19F2NO3/c1-9-15-14(13(7-20)21-9)16(8-17,19-10(2)22-15)11-5-3-4-6-12(11)18/h3-6,9,13-15,20H,7-8H2,1-2H3/t9-,13+,14+,15-,16-/m1/s1. The molecule has 5 atom stereocenters. The fourth-order valence-electron chi connectivity index (χ4n) is 3.67. The van der Waals surface area contributed by atoms with Crippen LogP contribution >= 0.6 is 0 Å². The molecule has 1 aromatic carbocycles. The van der Waals surface area contributed by atoms with Crippen molar-refractivity contribution in [1.29, 1.82) is 0 Å². The Kier molecular flexibility index (Phi) is 3.91. The van der Waals surface area contributed by atoms with Gasteiger partial charge >= 0.3 is 0 Å². The zero-order chi connectivity index (χ0) is 15.9. The van der Waals surface area contributed by atoms with Crippen molar-refractivity contribution in [3.8, 4) is 0 Å². The third-order valence-corrected chi connectivity index (χ3v) is 4.55. The van der Waals surface area contributed by atoms with Crippen molar-refractivity contribution in [1.82, 2.24) is 0 Å². The summed E-state index contributed by atoms with van der Waals surface area (Å²) in [6.07, 6.45) is -1.44. The first-order valence-electron chi connectivity index (χ1n) is 7.34. The molecule has 4 nitrogen and oxygen atoms in total. The molecule has 120 valence electrons. The van der Waals surface area contributed by atoms with Crippen LogP contribution in [0, 0.1) is 11.7 Å². The summed E-state index contributed by atoms with van der Waals surface area (Å²) in [5, 5.41) is 9.59. The molecule has 1 N–H and O–H groups in total. The molecule has 22 heavy (non-hydrogen) atoms. The minimum Gasteiger partial charge on any atom is -0.475 e. The van der Waals surface area contributed by atoms with Gasteiger partial charge in [0.1, 0.15) is 24.1 Å². The maximum absolute atomic E-state index is 14.3. The lowest BCUT2D eigenvalue weighted by Gasteiger charge is -2.42. The number of benzene rings is 1. The van der Waals surface area contributed by atoms with Crippen LogP contribution in [0.1, 0.15) is 19.4 Å². The fraction of sp³-hybridized carbons (Fsp3) is 0.562. The van der Waals surface area contributed by atoms with Crippen LogP contribution in [-0.4, -0.2) is 42.6 Å². The number of aliphatic hydroxyl groups is 1. The van der Waals surface area contributed by atoms with E-state index in [1.165, 1.54) is 12.1 Å². The minimum absolute atomic E-state index is 0.172. The Morgan fingerprint density at radius 1 is 1.36 bits per heavy atom. The highest BCUT2D eigenvalue weighted by molar-refractivity contribution is 5.75. The van der Waals surface area contributed by atoms with Crippen LogP contribution in [0.2, 0.25) is 0 Å². The first-order valence-corrected chi connectivity index (χ1v) is 7.34. The largest absolute Gasteiger partial charge is 0.475 e. The topological polar surface area (TPSA) is 51.0 Å². The second kappa shape index (κ2) is 5.59. The molecule has 0 amide bonds. The highest BCUT2D eigenvalue weighted by Crippen LogP contribution is 2.48. The van der Waals surface area contributed by atoms with Crippen LogP contribution in [-0.2, 0) is 15.0 Å². The lowest BCUT2D eigenvalue weighted by molar-refractivity contribution is -0.00845. The van der Waals surface area contributed by atoms with Crippen LogP contribution in [0.3, 0.4) is 0 Å². The number of hydrogen-bond acceptors (Lipinski definition) is 4. The van der Waals surface area contributed by atoms with E-state index in [0.29, 0.717) is 5.90 Å². The molecule has 0 bridgehead atoms. The highest BCUT2D eigenvalue weighted by Gasteiger charge is 2.59. The molecule has 2 heterocycles. The molecule has 3 rings (SSSR count). The first-order chi connectivity index (χ1) is 10.5. The molecule has 0 spiro atoms. The van der Waals surface area contributed by atoms with Crippen molar-refractivity contribution in [2.45, 2.75) is 37.7 Å². The molecular weight excluding hydrogens is 292 g/mol. The molecule has 1 saturated heterocycles. The number of hydrogen-bond donors (Lipinski definition) is 1. The molecule has 1 fully saturated rings. The fourth-order valence-corrected chi connectivity index (χ4v) is 3.67. The van der Waals surface area contributed by atoms with Gasteiger partial charge in [-0.25, -0.2) is 13.8 Å². The lowest BCUT2D eigenvalue weighted by Crippen LogP contribution is -2.52. The Balaban J connectivity index is 2.19. The third kappa shape index (κ3) is 2.13. The molecular formula is C16H19F2NO3. The summed E-state index contributed by atoms with van der Waals surface area (Å²) < 4.78 is 39.9. The molecule has 6 heteroatoms. The predicted octanol–water partition coefficient (Wildman–Crippen LogP) is 2.20. The number of alkyl halides is 1. The van der Waals surface area contributed by atoms with Crippen LogP contribution in [0.25, 0.3) is 0 Å². The van der Waals surface area contributed by atoms with E-state index in [2.05, 4.69) is 4.99 Å². The average molecular weight is 311 g/mol. The molecule has 0 unspecified atom stereocenters. The number of fused-ring (bicyclic) bond motifs is 1. The van der Waals surface area contributed by atoms with Crippen molar-refractivity contribution in [2.75, 3.05) is 13.3 Å². The lowest BCUT2D eigenvalue weighted by atomic mass is 9.73. The van der Waals surface area contributed by atoms with Gasteiger partial charge in [0.05, 0.1) is 24.7 Å². The van der Waals surface area contributed by atoms with Gasteiger partial charge in [-0.3, -0.25) is 0 Å². The molecule has 2 aliphatic heterocycles. The summed E-state index contributed by atoms with van der Waals surface area (Å²) in [5.74, 6) is -0.803. The number of aliphatic imine (C=N–C) groups is 1. The van der Waals surface area contributed by atoms with Crippen LogP contribution in [0.15, 0.2) is 29.3 Å². The minimum atomic E-state index is -1.43. The van der Waals surface area contributed by atoms with E-state index in [0.717, 1.165) is 0 Å². The second-order valence-electron chi connectivity index (χ2n) is 5.84. The molecule has 0 aromatic heterocycles. The SMILES string of the molecule is CC1=N[C@](CF)(c2ccccc2F)[C@@H]2[C@H](O1)[C@@H](C)O[C@H]2CO. The Labute approximate surface area is 127 Å². The van der Waals surface area contributed by atoms with E-state index in [9.17, 15) is 13.9 Å². The first kappa shape index (κ1) is 15.4. The van der Waals surface area contributed by atoms with Gasteiger partial charge < -0.3 is 14.6 Å². The van der Waals surface area contributed by atoms with E-state index in [-0.39, 0.29) is 18.3 Å². The number of ether oxygens (including phenoxy) is 2. The zero-order valence-corrected chi connectivity index (χ0v) is 12.5. The van der Waals surface area contributed by atoms with Crippen LogP contribution in [0.4, 0.5) is 8.78 Å². The molecule has 1 aromatic rings. The normalized spacial score (nSPS) is 37.4. The maximum atomic E-state index is 14.3. The van der Waals surface area contributed by atoms with Crippen molar-refractivity contribution < 1.29 is 23.4 Å². The number of nitrogens with zero attached hydrogens (tertiary/aromatic N) is 1. The Morgan fingerprint density at radius 2 is 2.09 bits per heavy atom. The second-order valence-corrected chi connectivity index (χ2v) is 5.84. The molecule has 0 aliphatic carbocycles. The maximum Gasteiger partial charge on any atom is 0.181 e. The van der Waals surface area contributed by atoms with E-state index in [1.807, 2.05) is 0 Å². The Morgan fingerprint density at radius 3 is 2.73 bits per heavy atom. The van der Waals surface area contributed by atoms with E-state index in [1.54, 1.807) is 26.0 Å². The van der Waals surface area contributed by atoms with Crippen molar-refractivity contribution in [3.05, 3.63) is 35.6 Å². The smallest absolute Gasteiger partial charge is 0.181 e. The molecule has 2 aliphatic rings. The quantitative estimate of drug-likeness (QED) is 0.931. The van der Waals surface area contributed by atoms with Crippen LogP contribution < -0.4 is 0 Å². The average Bonchev–Trinajstić information content (AvgIpc) is 2.84. The van der Waals surface area contributed by atoms with Gasteiger partial charge in [-0.15, -0.1) is 0 Å². The van der Waals surface area contributed by atoms with E-state index < -0.39 is 36.2 Å². The van der Waals surface area contributed by atoms with E-state index in [4.69, 9.17) is 9.47 Å². The molecule has 0 saturated carbocycles. The Hall–Kier alpha value is -1.53. The van der Waals surface area contributed by atoms with Gasteiger partial charge in [0.25, 0.3) is 0 Å². The number of halogens is 2. The van der Waals surface area contributed by atoms with Gasteiger partial charge in [0.2, 0.25) is 0 Å². The summed E-state index contributed by atoms with van der Waals surface area (Å²) in [6, 6.07) is 6.02. The third-order valence-electron chi connectivity index (χ3n) is 4.55. The molecule has 0 radical (unpaired) electrons. The summed E-state index contributed by atoms with van der Waals surface area (Å²) >= 11 is 0. The number of rotatable bonds is 3. The summed E-state index contributed by atoms with van der Waals surface area (Å²) in [7, 11) is 0. The summed E-state index contributed by atoms with van der Waals surface area (Å²) in [5.41, 5.74) is -1.26. The van der Waals surface area contributed by atoms with Gasteiger partial charge in [-0.1, -0.05) is 18.2 Å².